The van der Waals surface area contributed by atoms with Crippen LogP contribution in [0, 0.1) is 5.41 Å². The maximum absolute atomic E-state index is 6.61. The maximum Gasteiger partial charge on any atom is 0.158 e. The number of nitrogens with zero attached hydrogens (tertiary/aromatic N) is 8. The summed E-state index contributed by atoms with van der Waals surface area (Å²) in [5.41, 5.74) is 14.1. The second-order valence-electron chi connectivity index (χ2n) is 8.68. The molecule has 2 aliphatic rings. The highest BCUT2D eigenvalue weighted by Gasteiger charge is 2.47. The zero-order valence-corrected chi connectivity index (χ0v) is 19.8. The first kappa shape index (κ1) is 21.4. The zero-order chi connectivity index (χ0) is 23.3. The van der Waals surface area contributed by atoms with Crippen LogP contribution in [-0.2, 0) is 6.54 Å². The van der Waals surface area contributed by atoms with Gasteiger partial charge in [0.15, 0.2) is 11.6 Å². The number of imidazole rings is 1. The number of fused-ring (bicyclic) bond motifs is 1. The number of piperidine rings is 1. The average molecular weight is 495 g/mol. The predicted octanol–water partition coefficient (Wildman–Crippen LogP) is 2.94. The van der Waals surface area contributed by atoms with E-state index in [2.05, 4.69) is 29.9 Å². The molecule has 0 aromatic carbocycles. The van der Waals surface area contributed by atoms with Crippen molar-refractivity contribution in [1.29, 1.82) is 0 Å². The van der Waals surface area contributed by atoms with E-state index in [-0.39, 0.29) is 11.5 Å². The second kappa shape index (κ2) is 8.26. The number of hydrogen-bond acceptors (Lipinski definition) is 9. The van der Waals surface area contributed by atoms with E-state index in [0.29, 0.717) is 21.7 Å². The third-order valence-corrected chi connectivity index (χ3v) is 8.37. The van der Waals surface area contributed by atoms with Crippen LogP contribution in [0.1, 0.15) is 24.6 Å². The van der Waals surface area contributed by atoms with Gasteiger partial charge in [-0.3, -0.25) is 9.25 Å². The monoisotopic (exact) mass is 494 g/mol. The lowest BCUT2D eigenvalue weighted by atomic mass is 9.73. The van der Waals surface area contributed by atoms with Crippen molar-refractivity contribution in [3.8, 4) is 5.82 Å². The van der Waals surface area contributed by atoms with Gasteiger partial charge in [0.1, 0.15) is 17.2 Å². The Labute approximate surface area is 205 Å². The standard InChI is InChI=1S/C22H23ClN10S/c23-17-15(2-5-27-20(17)32-10-7-26-13-32)34-21-19(25)30-16(11-28-21)31-8-3-22(4-9-31)12-33-14(18(22)24)1-6-29-33/h1-2,5-7,10-11,13,18H,3-4,8-9,12,24H2,(H2,25,30)/t18-/m1/s1. The molecule has 1 spiro atoms. The third kappa shape index (κ3) is 3.51. The quantitative estimate of drug-likeness (QED) is 0.439. The van der Waals surface area contributed by atoms with Crippen LogP contribution >= 0.6 is 23.4 Å². The molecule has 0 amide bonds. The van der Waals surface area contributed by atoms with Gasteiger partial charge in [0.25, 0.3) is 0 Å². The Bertz CT molecular complexity index is 1330. The van der Waals surface area contributed by atoms with Crippen LogP contribution in [0.4, 0.5) is 11.6 Å². The molecule has 0 radical (unpaired) electrons. The molecule has 6 rings (SSSR count). The smallest absolute Gasteiger partial charge is 0.158 e. The first-order valence-electron chi connectivity index (χ1n) is 11.0. The van der Waals surface area contributed by atoms with Crippen LogP contribution < -0.4 is 16.4 Å². The predicted molar refractivity (Wildman–Crippen MR) is 130 cm³/mol. The molecule has 2 aliphatic heterocycles. The maximum atomic E-state index is 6.61. The van der Waals surface area contributed by atoms with E-state index in [4.69, 9.17) is 23.1 Å². The Morgan fingerprint density at radius 1 is 1.12 bits per heavy atom. The zero-order valence-electron chi connectivity index (χ0n) is 18.3. The fourth-order valence-corrected chi connectivity index (χ4v) is 5.98. The van der Waals surface area contributed by atoms with Crippen LogP contribution in [0.15, 0.2) is 59.4 Å². The molecule has 0 aliphatic carbocycles. The van der Waals surface area contributed by atoms with Gasteiger partial charge in [0.05, 0.1) is 23.0 Å². The summed E-state index contributed by atoms with van der Waals surface area (Å²) in [5.74, 6) is 1.75. The molecule has 4 N–H and O–H groups in total. The fraction of sp³-hybridized carbons (Fsp3) is 0.318. The number of nitrogen functional groups attached to an aromatic ring is 1. The summed E-state index contributed by atoms with van der Waals surface area (Å²) in [4.78, 5) is 20.7. The van der Waals surface area contributed by atoms with E-state index in [9.17, 15) is 0 Å². The van der Waals surface area contributed by atoms with Crippen molar-refractivity contribution in [3.63, 3.8) is 0 Å². The molecule has 1 atom stereocenters. The molecular formula is C22H23ClN10S. The summed E-state index contributed by atoms with van der Waals surface area (Å²) in [6.07, 6.45) is 12.4. The van der Waals surface area contributed by atoms with Gasteiger partial charge in [-0.15, -0.1) is 0 Å². The van der Waals surface area contributed by atoms with E-state index in [0.717, 1.165) is 48.9 Å². The van der Waals surface area contributed by atoms with Crippen molar-refractivity contribution in [2.45, 2.75) is 35.3 Å². The van der Waals surface area contributed by atoms with E-state index in [1.165, 1.54) is 11.8 Å². The van der Waals surface area contributed by atoms with Crippen molar-refractivity contribution < 1.29 is 0 Å². The molecule has 10 nitrogen and oxygen atoms in total. The SMILES string of the molecule is Nc1nc(N2CCC3(CC2)Cn2nccc2[C@H]3N)cnc1Sc1ccnc(-n2ccnc2)c1Cl. The normalized spacial score (nSPS) is 19.0. The number of nitrogens with two attached hydrogens (primary N) is 2. The van der Waals surface area contributed by atoms with Gasteiger partial charge < -0.3 is 16.4 Å². The third-order valence-electron chi connectivity index (χ3n) is 6.82. The lowest BCUT2D eigenvalue weighted by Gasteiger charge is -2.41. The van der Waals surface area contributed by atoms with Gasteiger partial charge >= 0.3 is 0 Å². The van der Waals surface area contributed by atoms with Gasteiger partial charge in [0.2, 0.25) is 0 Å². The van der Waals surface area contributed by atoms with Crippen LogP contribution in [0.3, 0.4) is 0 Å². The molecule has 34 heavy (non-hydrogen) atoms. The molecule has 1 fully saturated rings. The van der Waals surface area contributed by atoms with Crippen LogP contribution in [0.5, 0.6) is 0 Å². The lowest BCUT2D eigenvalue weighted by Crippen LogP contribution is -2.45. The highest BCUT2D eigenvalue weighted by molar-refractivity contribution is 7.99. The highest BCUT2D eigenvalue weighted by atomic mass is 35.5. The van der Waals surface area contributed by atoms with Gasteiger partial charge in [-0.2, -0.15) is 5.10 Å². The Morgan fingerprint density at radius 3 is 2.71 bits per heavy atom. The second-order valence-corrected chi connectivity index (χ2v) is 10.1. The summed E-state index contributed by atoms with van der Waals surface area (Å²) < 4.78 is 3.81. The van der Waals surface area contributed by atoms with Crippen LogP contribution in [0.2, 0.25) is 5.02 Å². The molecule has 6 heterocycles. The molecule has 4 aromatic heterocycles. The first-order chi connectivity index (χ1) is 16.5. The van der Waals surface area contributed by atoms with E-state index in [1.54, 1.807) is 35.7 Å². The van der Waals surface area contributed by atoms with Crippen molar-refractivity contribution in [3.05, 3.63) is 60.2 Å². The Balaban J connectivity index is 1.17. The summed E-state index contributed by atoms with van der Waals surface area (Å²) in [6.45, 7) is 2.58. The molecule has 0 bridgehead atoms. The average Bonchev–Trinajstić information content (AvgIpc) is 3.58. The van der Waals surface area contributed by atoms with E-state index < -0.39 is 0 Å². The number of halogens is 1. The fourth-order valence-electron chi connectivity index (χ4n) is 4.88. The number of rotatable bonds is 4. The molecule has 0 saturated carbocycles. The lowest BCUT2D eigenvalue weighted by molar-refractivity contribution is 0.170. The van der Waals surface area contributed by atoms with Crippen molar-refractivity contribution in [2.75, 3.05) is 23.7 Å². The minimum atomic E-state index is 0.0180. The van der Waals surface area contributed by atoms with E-state index in [1.807, 2.05) is 23.0 Å². The van der Waals surface area contributed by atoms with Gasteiger partial charge in [-0.05, 0) is 25.0 Å². The topological polar surface area (TPSA) is 130 Å². The Hall–Kier alpha value is -3.15. The molecule has 0 unspecified atom stereocenters. The minimum absolute atomic E-state index is 0.0180. The highest BCUT2D eigenvalue weighted by Crippen LogP contribution is 2.48. The largest absolute Gasteiger partial charge is 0.381 e. The van der Waals surface area contributed by atoms with Crippen LogP contribution in [-0.4, -0.2) is 47.4 Å². The Kier molecular flexibility index (Phi) is 5.19. The number of pyridine rings is 1. The van der Waals surface area contributed by atoms with Crippen molar-refractivity contribution in [2.24, 2.45) is 11.1 Å². The molecule has 174 valence electrons. The summed E-state index contributed by atoms with van der Waals surface area (Å²) >= 11 is 7.97. The summed E-state index contributed by atoms with van der Waals surface area (Å²) in [6, 6.07) is 3.88. The number of anilines is 2. The number of aromatic nitrogens is 7. The molecule has 12 heteroatoms. The van der Waals surface area contributed by atoms with Gasteiger partial charge in [-0.25, -0.2) is 19.9 Å². The van der Waals surface area contributed by atoms with Crippen molar-refractivity contribution >= 4 is 35.0 Å². The van der Waals surface area contributed by atoms with E-state index >= 15 is 0 Å². The number of hydrogen-bond donors (Lipinski definition) is 2. The van der Waals surface area contributed by atoms with Crippen molar-refractivity contribution in [1.82, 2.24) is 34.3 Å². The minimum Gasteiger partial charge on any atom is -0.381 e. The summed E-state index contributed by atoms with van der Waals surface area (Å²) in [7, 11) is 0. The van der Waals surface area contributed by atoms with Gasteiger partial charge in [-0.1, -0.05) is 23.4 Å². The van der Waals surface area contributed by atoms with Crippen LogP contribution in [0.25, 0.3) is 5.82 Å². The molecule has 4 aromatic rings. The summed E-state index contributed by atoms with van der Waals surface area (Å²) in [5, 5.41) is 5.53. The molecular weight excluding hydrogens is 472 g/mol. The molecule has 1 saturated heterocycles. The Morgan fingerprint density at radius 2 is 1.97 bits per heavy atom. The first-order valence-corrected chi connectivity index (χ1v) is 12.2. The van der Waals surface area contributed by atoms with Gasteiger partial charge in [0, 0.05) is 54.7 Å².